The van der Waals surface area contributed by atoms with Crippen molar-refractivity contribution >= 4 is 0 Å². The van der Waals surface area contributed by atoms with E-state index >= 15 is 0 Å². The van der Waals surface area contributed by atoms with Crippen LogP contribution < -0.4 is 5.73 Å². The average Bonchev–Trinajstić information content (AvgIpc) is 2.79. The van der Waals surface area contributed by atoms with Gasteiger partial charge in [-0.25, -0.2) is 0 Å². The molecule has 4 heteroatoms. The molecule has 4 nitrogen and oxygen atoms in total. The van der Waals surface area contributed by atoms with E-state index in [0.29, 0.717) is 0 Å². The lowest BCUT2D eigenvalue weighted by atomic mass is 10.1. The lowest BCUT2D eigenvalue weighted by molar-refractivity contribution is 0.544. The van der Waals surface area contributed by atoms with Gasteiger partial charge in [-0.1, -0.05) is 35.5 Å². The quantitative estimate of drug-likeness (QED) is 0.767. The minimum atomic E-state index is 0.742. The number of hydrogen-bond donors (Lipinski definition) is 1. The molecule has 0 radical (unpaired) electrons. The Morgan fingerprint density at radius 1 is 1.12 bits per heavy atom. The molecule has 0 amide bonds. The van der Waals surface area contributed by atoms with Crippen LogP contribution in [0.4, 0.5) is 0 Å². The molecule has 0 saturated heterocycles. The van der Waals surface area contributed by atoms with Crippen LogP contribution in [0.1, 0.15) is 24.1 Å². The van der Waals surface area contributed by atoms with E-state index in [1.54, 1.807) is 0 Å². The van der Waals surface area contributed by atoms with Gasteiger partial charge in [0.1, 0.15) is 0 Å². The summed E-state index contributed by atoms with van der Waals surface area (Å²) in [6.07, 6.45) is 4.96. The molecule has 0 fully saturated rings. The van der Waals surface area contributed by atoms with Crippen LogP contribution in [-0.4, -0.2) is 21.5 Å². The van der Waals surface area contributed by atoms with E-state index in [1.807, 2.05) is 29.1 Å². The molecule has 1 aromatic heterocycles. The van der Waals surface area contributed by atoms with Crippen LogP contribution in [0.15, 0.2) is 36.5 Å². The van der Waals surface area contributed by atoms with Crippen LogP contribution in [0.5, 0.6) is 0 Å². The molecule has 0 aliphatic rings. The minimum Gasteiger partial charge on any atom is -0.330 e. The topological polar surface area (TPSA) is 56.7 Å². The van der Waals surface area contributed by atoms with Crippen molar-refractivity contribution in [3.05, 3.63) is 47.8 Å². The van der Waals surface area contributed by atoms with E-state index in [-0.39, 0.29) is 0 Å². The first-order chi connectivity index (χ1) is 8.38. The molecule has 90 valence electrons. The first-order valence-electron chi connectivity index (χ1n) is 6.01. The molecule has 17 heavy (non-hydrogen) atoms. The van der Waals surface area contributed by atoms with Gasteiger partial charge < -0.3 is 5.73 Å². The van der Waals surface area contributed by atoms with Crippen molar-refractivity contribution in [2.45, 2.75) is 25.8 Å². The summed E-state index contributed by atoms with van der Waals surface area (Å²) in [5.74, 6) is 0. The third-order valence-corrected chi connectivity index (χ3v) is 2.66. The van der Waals surface area contributed by atoms with Crippen molar-refractivity contribution in [2.75, 3.05) is 6.54 Å². The highest BCUT2D eigenvalue weighted by Crippen LogP contribution is 2.06. The van der Waals surface area contributed by atoms with E-state index in [2.05, 4.69) is 22.4 Å². The van der Waals surface area contributed by atoms with Gasteiger partial charge in [-0.05, 0) is 24.9 Å². The Morgan fingerprint density at radius 2 is 1.94 bits per heavy atom. The lowest BCUT2D eigenvalue weighted by Crippen LogP contribution is -2.03. The number of nitrogens with zero attached hydrogens (tertiary/aromatic N) is 3. The van der Waals surface area contributed by atoms with E-state index in [0.717, 1.165) is 38.0 Å². The lowest BCUT2D eigenvalue weighted by Gasteiger charge is -1.98. The van der Waals surface area contributed by atoms with Gasteiger partial charge in [0.2, 0.25) is 0 Å². The monoisotopic (exact) mass is 230 g/mol. The standard InChI is InChI=1S/C13H18N4/c14-8-4-5-9-17-11-13(15-16-17)10-12-6-2-1-3-7-12/h1-3,6-7,11H,4-5,8-10,14H2. The third-order valence-electron chi connectivity index (χ3n) is 2.66. The molecule has 0 unspecified atom stereocenters. The molecule has 0 bridgehead atoms. The van der Waals surface area contributed by atoms with E-state index < -0.39 is 0 Å². The van der Waals surface area contributed by atoms with Crippen LogP contribution in [0, 0.1) is 0 Å². The Morgan fingerprint density at radius 3 is 2.71 bits per heavy atom. The zero-order valence-electron chi connectivity index (χ0n) is 9.92. The molecular weight excluding hydrogens is 212 g/mol. The fourth-order valence-electron chi connectivity index (χ4n) is 1.75. The first-order valence-corrected chi connectivity index (χ1v) is 6.01. The van der Waals surface area contributed by atoms with Crippen LogP contribution in [0.25, 0.3) is 0 Å². The Kier molecular flexibility index (Phi) is 4.27. The van der Waals surface area contributed by atoms with Crippen molar-refractivity contribution in [3.8, 4) is 0 Å². The highest BCUT2D eigenvalue weighted by molar-refractivity contribution is 5.19. The zero-order valence-corrected chi connectivity index (χ0v) is 9.92. The number of hydrogen-bond acceptors (Lipinski definition) is 3. The van der Waals surface area contributed by atoms with E-state index in [9.17, 15) is 0 Å². The summed E-state index contributed by atoms with van der Waals surface area (Å²) in [5.41, 5.74) is 7.74. The Hall–Kier alpha value is -1.68. The number of benzene rings is 1. The predicted molar refractivity (Wildman–Crippen MR) is 67.6 cm³/mol. The third kappa shape index (κ3) is 3.67. The second-order valence-corrected chi connectivity index (χ2v) is 4.13. The minimum absolute atomic E-state index is 0.742. The summed E-state index contributed by atoms with van der Waals surface area (Å²) in [6.45, 7) is 1.64. The molecule has 2 aromatic rings. The van der Waals surface area contributed by atoms with Crippen molar-refractivity contribution in [1.82, 2.24) is 15.0 Å². The van der Waals surface area contributed by atoms with Gasteiger partial charge in [0.25, 0.3) is 0 Å². The molecule has 1 heterocycles. The van der Waals surface area contributed by atoms with Crippen molar-refractivity contribution in [2.24, 2.45) is 5.73 Å². The van der Waals surface area contributed by atoms with Crippen molar-refractivity contribution in [1.29, 1.82) is 0 Å². The van der Waals surface area contributed by atoms with Gasteiger partial charge in [0, 0.05) is 19.2 Å². The van der Waals surface area contributed by atoms with Gasteiger partial charge >= 0.3 is 0 Å². The molecule has 2 N–H and O–H groups in total. The molecule has 0 saturated carbocycles. The highest BCUT2D eigenvalue weighted by atomic mass is 15.4. The summed E-state index contributed by atoms with van der Waals surface area (Å²) < 4.78 is 1.90. The first kappa shape index (κ1) is 11.8. The number of aromatic nitrogens is 3. The van der Waals surface area contributed by atoms with E-state index in [1.165, 1.54) is 5.56 Å². The second kappa shape index (κ2) is 6.15. The van der Waals surface area contributed by atoms with Gasteiger partial charge in [0.15, 0.2) is 0 Å². The van der Waals surface area contributed by atoms with Gasteiger partial charge in [-0.15, -0.1) is 5.10 Å². The smallest absolute Gasteiger partial charge is 0.0870 e. The molecular formula is C13H18N4. The Labute approximate surface area is 101 Å². The predicted octanol–water partition coefficient (Wildman–Crippen LogP) is 1.61. The maximum atomic E-state index is 5.45. The number of rotatable bonds is 6. The fourth-order valence-corrected chi connectivity index (χ4v) is 1.75. The van der Waals surface area contributed by atoms with Crippen LogP contribution >= 0.6 is 0 Å². The SMILES string of the molecule is NCCCCn1cc(Cc2ccccc2)nn1. The average molecular weight is 230 g/mol. The van der Waals surface area contributed by atoms with E-state index in [4.69, 9.17) is 5.73 Å². The van der Waals surface area contributed by atoms with Gasteiger partial charge in [0.05, 0.1) is 5.69 Å². The van der Waals surface area contributed by atoms with Crippen molar-refractivity contribution in [3.63, 3.8) is 0 Å². The highest BCUT2D eigenvalue weighted by Gasteiger charge is 2.01. The van der Waals surface area contributed by atoms with Gasteiger partial charge in [-0.2, -0.15) is 0 Å². The maximum absolute atomic E-state index is 5.45. The van der Waals surface area contributed by atoms with Crippen molar-refractivity contribution < 1.29 is 0 Å². The summed E-state index contributed by atoms with van der Waals surface area (Å²) >= 11 is 0. The normalized spacial score (nSPS) is 10.6. The van der Waals surface area contributed by atoms with Crippen LogP contribution in [0.2, 0.25) is 0 Å². The molecule has 0 atom stereocenters. The number of nitrogens with two attached hydrogens (primary N) is 1. The molecule has 2 rings (SSSR count). The number of unbranched alkanes of at least 4 members (excludes halogenated alkanes) is 1. The molecule has 1 aromatic carbocycles. The van der Waals surface area contributed by atoms with Crippen LogP contribution in [0.3, 0.4) is 0 Å². The van der Waals surface area contributed by atoms with Gasteiger partial charge in [-0.3, -0.25) is 4.68 Å². The summed E-state index contributed by atoms with van der Waals surface area (Å²) in [6, 6.07) is 10.3. The summed E-state index contributed by atoms with van der Waals surface area (Å²) in [5, 5.41) is 8.28. The Bertz CT molecular complexity index is 436. The maximum Gasteiger partial charge on any atom is 0.0870 e. The molecule has 0 aliphatic carbocycles. The Balaban J connectivity index is 1.90. The largest absolute Gasteiger partial charge is 0.330 e. The summed E-state index contributed by atoms with van der Waals surface area (Å²) in [4.78, 5) is 0. The number of aryl methyl sites for hydroxylation is 1. The second-order valence-electron chi connectivity index (χ2n) is 4.13. The zero-order chi connectivity index (χ0) is 11.9. The van der Waals surface area contributed by atoms with Crippen LogP contribution in [-0.2, 0) is 13.0 Å². The molecule has 0 aliphatic heterocycles. The molecule has 0 spiro atoms. The summed E-state index contributed by atoms with van der Waals surface area (Å²) in [7, 11) is 0. The fraction of sp³-hybridized carbons (Fsp3) is 0.385.